The summed E-state index contributed by atoms with van der Waals surface area (Å²) in [7, 11) is 0. The molecule has 1 aromatic heterocycles. The van der Waals surface area contributed by atoms with E-state index in [4.69, 9.17) is 0 Å². The van der Waals surface area contributed by atoms with Crippen LogP contribution in [0.2, 0.25) is 0 Å². The van der Waals surface area contributed by atoms with E-state index in [1.165, 1.54) is 37.1 Å². The molecule has 0 N–H and O–H groups in total. The molecule has 0 radical (unpaired) electrons. The van der Waals surface area contributed by atoms with Crippen LogP contribution in [0.15, 0.2) is 6.20 Å². The minimum atomic E-state index is 0.603. The molecule has 1 aromatic rings. The third-order valence-corrected chi connectivity index (χ3v) is 4.38. The summed E-state index contributed by atoms with van der Waals surface area (Å²) < 4.78 is 0. The minimum absolute atomic E-state index is 0.603. The van der Waals surface area contributed by atoms with Gasteiger partial charge in [-0.1, -0.05) is 6.42 Å². The first-order valence-electron chi connectivity index (χ1n) is 6.36. The molecule has 1 fully saturated rings. The molecule has 17 heavy (non-hydrogen) atoms. The van der Waals surface area contributed by atoms with Gasteiger partial charge in [-0.2, -0.15) is 0 Å². The van der Waals surface area contributed by atoms with Crippen molar-refractivity contribution in [1.29, 1.82) is 0 Å². The van der Waals surface area contributed by atoms with Crippen LogP contribution in [0.3, 0.4) is 0 Å². The van der Waals surface area contributed by atoms with Crippen LogP contribution in [0.25, 0.3) is 0 Å². The third-order valence-electron chi connectivity index (χ3n) is 3.43. The van der Waals surface area contributed by atoms with Gasteiger partial charge in [0.1, 0.15) is 0 Å². The summed E-state index contributed by atoms with van der Waals surface area (Å²) in [5.41, 5.74) is 0. The SMILES string of the molecule is CC(C)N1CCCCC1Cc1ncc(C=O)s1. The van der Waals surface area contributed by atoms with Crippen molar-refractivity contribution in [2.75, 3.05) is 6.54 Å². The normalized spacial score (nSPS) is 21.9. The van der Waals surface area contributed by atoms with Crippen molar-refractivity contribution in [3.63, 3.8) is 0 Å². The van der Waals surface area contributed by atoms with Gasteiger partial charge in [0, 0.05) is 24.7 Å². The lowest BCUT2D eigenvalue weighted by atomic mass is 9.98. The van der Waals surface area contributed by atoms with E-state index in [1.807, 2.05) is 0 Å². The van der Waals surface area contributed by atoms with Crippen LogP contribution in [0.4, 0.5) is 0 Å². The molecule has 1 aliphatic rings. The maximum Gasteiger partial charge on any atom is 0.161 e. The van der Waals surface area contributed by atoms with Gasteiger partial charge in [0.05, 0.1) is 9.88 Å². The number of rotatable bonds is 4. The fraction of sp³-hybridized carbons (Fsp3) is 0.692. The Morgan fingerprint density at radius 2 is 2.41 bits per heavy atom. The van der Waals surface area contributed by atoms with E-state index >= 15 is 0 Å². The van der Waals surface area contributed by atoms with Crippen LogP contribution >= 0.6 is 11.3 Å². The second-order valence-electron chi connectivity index (χ2n) is 4.96. The Kier molecular flexibility index (Phi) is 4.29. The molecule has 1 unspecified atom stereocenters. The summed E-state index contributed by atoms with van der Waals surface area (Å²) in [4.78, 5) is 18.3. The number of hydrogen-bond donors (Lipinski definition) is 0. The van der Waals surface area contributed by atoms with Crippen molar-refractivity contribution in [3.05, 3.63) is 16.1 Å². The Bertz CT molecular complexity index is 375. The number of likely N-dealkylation sites (tertiary alicyclic amines) is 1. The van der Waals surface area contributed by atoms with Crippen LogP contribution < -0.4 is 0 Å². The molecule has 3 nitrogen and oxygen atoms in total. The summed E-state index contributed by atoms with van der Waals surface area (Å²) >= 11 is 1.53. The molecule has 0 saturated carbocycles. The topological polar surface area (TPSA) is 33.2 Å². The maximum absolute atomic E-state index is 10.6. The first-order valence-corrected chi connectivity index (χ1v) is 7.18. The van der Waals surface area contributed by atoms with Crippen molar-refractivity contribution >= 4 is 17.6 Å². The van der Waals surface area contributed by atoms with Gasteiger partial charge in [-0.15, -0.1) is 11.3 Å². The van der Waals surface area contributed by atoms with Crippen molar-refractivity contribution in [1.82, 2.24) is 9.88 Å². The average Bonchev–Trinajstić information content (AvgIpc) is 2.77. The van der Waals surface area contributed by atoms with E-state index in [0.717, 1.165) is 22.6 Å². The van der Waals surface area contributed by atoms with Crippen LogP contribution in [-0.4, -0.2) is 34.8 Å². The monoisotopic (exact) mass is 252 g/mol. The first-order chi connectivity index (χ1) is 8.20. The predicted molar refractivity (Wildman–Crippen MR) is 70.7 cm³/mol. The van der Waals surface area contributed by atoms with Crippen molar-refractivity contribution in [2.45, 2.75) is 51.6 Å². The molecule has 1 aliphatic heterocycles. The molecular weight excluding hydrogens is 232 g/mol. The Balaban J connectivity index is 2.02. The first kappa shape index (κ1) is 12.7. The number of piperidine rings is 1. The highest BCUT2D eigenvalue weighted by atomic mass is 32.1. The molecule has 2 heterocycles. The van der Waals surface area contributed by atoms with Gasteiger partial charge in [0.2, 0.25) is 0 Å². The Morgan fingerprint density at radius 1 is 1.59 bits per heavy atom. The number of carbonyl (C=O) groups is 1. The van der Waals surface area contributed by atoms with Crippen LogP contribution in [0, 0.1) is 0 Å². The molecule has 0 bridgehead atoms. The highest BCUT2D eigenvalue weighted by Gasteiger charge is 2.25. The molecule has 0 aliphatic carbocycles. The lowest BCUT2D eigenvalue weighted by Crippen LogP contribution is -2.44. The van der Waals surface area contributed by atoms with Gasteiger partial charge < -0.3 is 0 Å². The predicted octanol–water partition coefficient (Wildman–Crippen LogP) is 2.76. The highest BCUT2D eigenvalue weighted by molar-refractivity contribution is 7.13. The zero-order valence-corrected chi connectivity index (χ0v) is 11.4. The Labute approximate surface area is 107 Å². The largest absolute Gasteiger partial charge is 0.298 e. The lowest BCUT2D eigenvalue weighted by molar-refractivity contribution is 0.111. The number of aldehydes is 1. The van der Waals surface area contributed by atoms with Crippen molar-refractivity contribution in [3.8, 4) is 0 Å². The number of nitrogens with zero attached hydrogens (tertiary/aromatic N) is 2. The zero-order valence-electron chi connectivity index (χ0n) is 10.6. The summed E-state index contributed by atoms with van der Waals surface area (Å²) in [6.45, 7) is 5.72. The second kappa shape index (κ2) is 5.74. The van der Waals surface area contributed by atoms with E-state index in [-0.39, 0.29) is 0 Å². The molecular formula is C13H20N2OS. The number of carbonyl (C=O) groups excluding carboxylic acids is 1. The molecule has 4 heteroatoms. The molecule has 0 aromatic carbocycles. The molecule has 0 spiro atoms. The summed E-state index contributed by atoms with van der Waals surface area (Å²) in [6, 6.07) is 1.21. The Hall–Kier alpha value is -0.740. The number of hydrogen-bond acceptors (Lipinski definition) is 4. The van der Waals surface area contributed by atoms with E-state index < -0.39 is 0 Å². The second-order valence-corrected chi connectivity index (χ2v) is 6.11. The fourth-order valence-corrected chi connectivity index (χ4v) is 3.40. The summed E-state index contributed by atoms with van der Waals surface area (Å²) in [6.07, 6.45) is 7.47. The molecule has 1 atom stereocenters. The summed E-state index contributed by atoms with van der Waals surface area (Å²) in [5.74, 6) is 0. The highest BCUT2D eigenvalue weighted by Crippen LogP contribution is 2.24. The maximum atomic E-state index is 10.6. The molecule has 94 valence electrons. The van der Waals surface area contributed by atoms with Gasteiger partial charge in [-0.3, -0.25) is 9.69 Å². The standard InChI is InChI=1S/C13H20N2OS/c1-10(2)15-6-4-3-5-11(15)7-13-14-8-12(9-16)17-13/h8-11H,3-7H2,1-2H3. The van der Waals surface area contributed by atoms with E-state index in [9.17, 15) is 4.79 Å². The van der Waals surface area contributed by atoms with E-state index in [0.29, 0.717) is 12.1 Å². The van der Waals surface area contributed by atoms with Crippen LogP contribution in [0.1, 0.15) is 47.8 Å². The quantitative estimate of drug-likeness (QED) is 0.773. The van der Waals surface area contributed by atoms with E-state index in [1.54, 1.807) is 6.20 Å². The lowest BCUT2D eigenvalue weighted by Gasteiger charge is -2.38. The summed E-state index contributed by atoms with van der Waals surface area (Å²) in [5, 5.41) is 1.10. The molecule has 0 amide bonds. The van der Waals surface area contributed by atoms with Crippen molar-refractivity contribution < 1.29 is 4.79 Å². The fourth-order valence-electron chi connectivity index (χ4n) is 2.60. The van der Waals surface area contributed by atoms with Gasteiger partial charge in [0.15, 0.2) is 6.29 Å². The van der Waals surface area contributed by atoms with E-state index in [2.05, 4.69) is 23.7 Å². The zero-order chi connectivity index (χ0) is 12.3. The average molecular weight is 252 g/mol. The van der Waals surface area contributed by atoms with Gasteiger partial charge >= 0.3 is 0 Å². The van der Waals surface area contributed by atoms with Gasteiger partial charge in [-0.25, -0.2) is 4.98 Å². The smallest absolute Gasteiger partial charge is 0.161 e. The Morgan fingerprint density at radius 3 is 3.06 bits per heavy atom. The molecule has 2 rings (SSSR count). The van der Waals surface area contributed by atoms with Crippen LogP contribution in [0.5, 0.6) is 0 Å². The third kappa shape index (κ3) is 3.13. The number of aromatic nitrogens is 1. The molecule has 1 saturated heterocycles. The number of thiazole rings is 1. The minimum Gasteiger partial charge on any atom is -0.298 e. The van der Waals surface area contributed by atoms with Crippen LogP contribution in [-0.2, 0) is 6.42 Å². The van der Waals surface area contributed by atoms with Crippen molar-refractivity contribution in [2.24, 2.45) is 0 Å². The van der Waals surface area contributed by atoms with Gasteiger partial charge in [0.25, 0.3) is 0 Å². The van der Waals surface area contributed by atoms with Gasteiger partial charge in [-0.05, 0) is 33.2 Å².